The van der Waals surface area contributed by atoms with Crippen LogP contribution in [0.5, 0.6) is 0 Å². The van der Waals surface area contributed by atoms with E-state index in [9.17, 15) is 14.9 Å². The van der Waals surface area contributed by atoms with Crippen molar-refractivity contribution in [1.29, 1.82) is 0 Å². The summed E-state index contributed by atoms with van der Waals surface area (Å²) in [4.78, 5) is 21.7. The number of ether oxygens (including phenoxy) is 1. The summed E-state index contributed by atoms with van der Waals surface area (Å²) in [6.45, 7) is 1.75. The summed E-state index contributed by atoms with van der Waals surface area (Å²) in [5, 5.41) is 18.3. The normalized spacial score (nSPS) is 12.0. The lowest BCUT2D eigenvalue weighted by Gasteiger charge is -2.27. The van der Waals surface area contributed by atoms with Crippen LogP contribution in [0.1, 0.15) is 6.92 Å². The molecular weight excluding hydrogens is 403 g/mol. The van der Waals surface area contributed by atoms with E-state index in [-0.39, 0.29) is 17.4 Å². The topological polar surface area (TPSA) is 106 Å². The number of hydrogen-bond donors (Lipinski definition) is 3. The Hall–Kier alpha value is -1.55. The van der Waals surface area contributed by atoms with Gasteiger partial charge >= 0.3 is 6.09 Å². The summed E-state index contributed by atoms with van der Waals surface area (Å²) in [7, 11) is 0. The number of nitrogens with one attached hydrogen (secondary N) is 3. The molecule has 0 aliphatic heterocycles. The van der Waals surface area contributed by atoms with Gasteiger partial charge in [0.1, 0.15) is 0 Å². The van der Waals surface area contributed by atoms with Crippen LogP contribution in [0, 0.1) is 10.1 Å². The Morgan fingerprint density at radius 2 is 2.08 bits per heavy atom. The third-order valence-corrected chi connectivity index (χ3v) is 3.33. The molecule has 12 heteroatoms. The van der Waals surface area contributed by atoms with Crippen LogP contribution in [0.4, 0.5) is 16.2 Å². The number of alkyl carbamates (subject to hydrolysis) is 1. The molecule has 24 heavy (non-hydrogen) atoms. The van der Waals surface area contributed by atoms with Crippen molar-refractivity contribution in [3.05, 3.63) is 34.4 Å². The average Bonchev–Trinajstić information content (AvgIpc) is 2.46. The first-order valence-corrected chi connectivity index (χ1v) is 7.99. The predicted octanol–water partition coefficient (Wildman–Crippen LogP) is 3.32. The number of nitro benzene ring substituents is 1. The Bertz CT molecular complexity index is 627. The number of non-ortho nitro benzene ring substituents is 1. The average molecular weight is 416 g/mol. The smallest absolute Gasteiger partial charge is 0.408 e. The zero-order chi connectivity index (χ0) is 18.3. The third-order valence-electron chi connectivity index (χ3n) is 2.46. The maximum atomic E-state index is 11.5. The summed E-state index contributed by atoms with van der Waals surface area (Å²) in [5.74, 6) is 0. The third kappa shape index (κ3) is 6.91. The van der Waals surface area contributed by atoms with Crippen molar-refractivity contribution in [2.75, 3.05) is 11.9 Å². The second-order valence-electron chi connectivity index (χ2n) is 4.25. The molecule has 1 aromatic carbocycles. The number of halogens is 3. The van der Waals surface area contributed by atoms with Gasteiger partial charge in [-0.1, -0.05) is 40.9 Å². The Balaban J connectivity index is 2.76. The molecular formula is C12H13Cl3N4O4S. The van der Waals surface area contributed by atoms with E-state index in [2.05, 4.69) is 16.0 Å². The fourth-order valence-electron chi connectivity index (χ4n) is 1.49. The summed E-state index contributed by atoms with van der Waals surface area (Å²) < 4.78 is 2.78. The number of benzene rings is 1. The van der Waals surface area contributed by atoms with Crippen molar-refractivity contribution in [3.8, 4) is 0 Å². The van der Waals surface area contributed by atoms with Crippen molar-refractivity contribution >= 4 is 69.6 Å². The zero-order valence-corrected chi connectivity index (χ0v) is 15.3. The van der Waals surface area contributed by atoms with Crippen molar-refractivity contribution < 1.29 is 14.5 Å². The predicted molar refractivity (Wildman–Crippen MR) is 96.7 cm³/mol. The largest absolute Gasteiger partial charge is 0.450 e. The molecule has 0 saturated carbocycles. The number of hydrogen-bond acceptors (Lipinski definition) is 5. The van der Waals surface area contributed by atoms with Gasteiger partial charge in [0.2, 0.25) is 3.79 Å². The summed E-state index contributed by atoms with van der Waals surface area (Å²) >= 11 is 22.4. The Morgan fingerprint density at radius 1 is 1.42 bits per heavy atom. The Kier molecular flexibility index (Phi) is 7.74. The van der Waals surface area contributed by atoms with Gasteiger partial charge in [0, 0.05) is 17.8 Å². The van der Waals surface area contributed by atoms with Crippen LogP contribution < -0.4 is 16.0 Å². The zero-order valence-electron chi connectivity index (χ0n) is 12.2. The van der Waals surface area contributed by atoms with E-state index in [1.807, 2.05) is 0 Å². The summed E-state index contributed by atoms with van der Waals surface area (Å²) in [5.41, 5.74) is 0.228. The minimum Gasteiger partial charge on any atom is -0.450 e. The van der Waals surface area contributed by atoms with Gasteiger partial charge in [0.25, 0.3) is 5.69 Å². The number of nitrogens with zero attached hydrogens (tertiary/aromatic N) is 1. The second kappa shape index (κ2) is 9.07. The van der Waals surface area contributed by atoms with Crippen LogP contribution in [0.15, 0.2) is 24.3 Å². The highest BCUT2D eigenvalue weighted by molar-refractivity contribution is 7.80. The van der Waals surface area contributed by atoms with E-state index >= 15 is 0 Å². The van der Waals surface area contributed by atoms with Crippen LogP contribution in [-0.2, 0) is 4.74 Å². The van der Waals surface area contributed by atoms with Crippen LogP contribution in [0.2, 0.25) is 0 Å². The fourth-order valence-corrected chi connectivity index (χ4v) is 2.05. The molecule has 8 nitrogen and oxygen atoms in total. The number of carbonyl (C=O) groups is 1. The highest BCUT2D eigenvalue weighted by atomic mass is 35.6. The van der Waals surface area contributed by atoms with E-state index in [0.29, 0.717) is 5.69 Å². The quantitative estimate of drug-likeness (QED) is 0.223. The molecule has 1 rings (SSSR count). The van der Waals surface area contributed by atoms with Gasteiger partial charge in [-0.05, 0) is 25.2 Å². The van der Waals surface area contributed by atoms with Crippen LogP contribution in [-0.4, -0.2) is 32.7 Å². The molecule has 3 N–H and O–H groups in total. The molecule has 0 fully saturated rings. The molecule has 0 spiro atoms. The minimum atomic E-state index is -1.93. The minimum absolute atomic E-state index is 0.0244. The Morgan fingerprint density at radius 3 is 2.62 bits per heavy atom. The van der Waals surface area contributed by atoms with E-state index in [0.717, 1.165) is 0 Å². The number of nitro groups is 1. The molecule has 0 bridgehead atoms. The molecule has 132 valence electrons. The molecule has 0 aliphatic rings. The van der Waals surface area contributed by atoms with Gasteiger partial charge in [-0.15, -0.1) is 0 Å². The van der Waals surface area contributed by atoms with Gasteiger partial charge in [-0.25, -0.2) is 4.79 Å². The molecule has 1 amide bonds. The molecule has 0 radical (unpaired) electrons. The first-order valence-electron chi connectivity index (χ1n) is 6.45. The monoisotopic (exact) mass is 414 g/mol. The lowest BCUT2D eigenvalue weighted by molar-refractivity contribution is -0.384. The van der Waals surface area contributed by atoms with Gasteiger partial charge < -0.3 is 15.4 Å². The van der Waals surface area contributed by atoms with Gasteiger partial charge in [-0.3, -0.25) is 15.4 Å². The van der Waals surface area contributed by atoms with Crippen LogP contribution in [0.25, 0.3) is 0 Å². The lowest BCUT2D eigenvalue weighted by Crippen LogP contribution is -2.56. The van der Waals surface area contributed by atoms with Gasteiger partial charge in [0.15, 0.2) is 11.3 Å². The first-order chi connectivity index (χ1) is 11.1. The van der Waals surface area contributed by atoms with E-state index in [1.165, 1.54) is 18.2 Å². The highest BCUT2D eigenvalue weighted by Crippen LogP contribution is 2.29. The molecule has 0 saturated heterocycles. The fraction of sp³-hybridized carbons (Fsp3) is 0.333. The first kappa shape index (κ1) is 20.5. The standard InChI is InChI=1S/C12H13Cl3N4O4S/c1-2-23-11(20)18-9(12(13,14)15)17-10(24)16-7-4-3-5-8(6-7)19(21)22/h3-6,9H,2H2,1H3,(H,18,20)(H2,16,17,24)/t9-/m0/s1. The lowest BCUT2D eigenvalue weighted by atomic mass is 10.3. The Labute approximate surface area is 157 Å². The number of amides is 1. The van der Waals surface area contributed by atoms with Crippen molar-refractivity contribution in [1.82, 2.24) is 10.6 Å². The van der Waals surface area contributed by atoms with Crippen molar-refractivity contribution in [3.63, 3.8) is 0 Å². The number of carbonyl (C=O) groups excluding carboxylic acids is 1. The summed E-state index contributed by atoms with van der Waals surface area (Å²) in [6, 6.07) is 5.64. The van der Waals surface area contributed by atoms with Crippen molar-refractivity contribution in [2.45, 2.75) is 16.9 Å². The molecule has 0 aromatic heterocycles. The van der Waals surface area contributed by atoms with Crippen LogP contribution >= 0.6 is 47.0 Å². The number of alkyl halides is 3. The SMILES string of the molecule is CCOC(=O)N[C@H](NC(=S)Nc1cccc([N+](=O)[O-])c1)C(Cl)(Cl)Cl. The van der Waals surface area contributed by atoms with Gasteiger partial charge in [0.05, 0.1) is 11.5 Å². The van der Waals surface area contributed by atoms with Gasteiger partial charge in [-0.2, -0.15) is 0 Å². The van der Waals surface area contributed by atoms with Crippen molar-refractivity contribution in [2.24, 2.45) is 0 Å². The number of anilines is 1. The molecule has 0 aliphatic carbocycles. The second-order valence-corrected chi connectivity index (χ2v) is 7.02. The van der Waals surface area contributed by atoms with E-state index < -0.39 is 21.0 Å². The molecule has 1 atom stereocenters. The highest BCUT2D eigenvalue weighted by Gasteiger charge is 2.35. The van der Waals surface area contributed by atoms with E-state index in [1.54, 1.807) is 13.0 Å². The summed E-state index contributed by atoms with van der Waals surface area (Å²) in [6.07, 6.45) is -2.00. The maximum Gasteiger partial charge on any atom is 0.408 e. The number of thiocarbonyl (C=S) groups is 1. The molecule has 0 unspecified atom stereocenters. The molecule has 0 heterocycles. The number of rotatable bonds is 5. The van der Waals surface area contributed by atoms with Crippen LogP contribution in [0.3, 0.4) is 0 Å². The maximum absolute atomic E-state index is 11.5. The molecule has 1 aromatic rings. The van der Waals surface area contributed by atoms with E-state index in [4.69, 9.17) is 51.8 Å².